The van der Waals surface area contributed by atoms with E-state index in [2.05, 4.69) is 4.98 Å². The molecule has 0 aliphatic rings. The highest BCUT2D eigenvalue weighted by atomic mass is 16.4. The van der Waals surface area contributed by atoms with Gasteiger partial charge in [-0.1, -0.05) is 36.4 Å². The first-order valence-electron chi connectivity index (χ1n) is 5.63. The molecule has 1 heterocycles. The Morgan fingerprint density at radius 2 is 1.83 bits per heavy atom. The Labute approximate surface area is 104 Å². The Balaban J connectivity index is 2.07. The van der Waals surface area contributed by atoms with Gasteiger partial charge in [0.1, 0.15) is 5.52 Å². The van der Waals surface area contributed by atoms with Crippen molar-refractivity contribution in [1.29, 1.82) is 0 Å². The fourth-order valence-electron chi connectivity index (χ4n) is 1.88. The van der Waals surface area contributed by atoms with Gasteiger partial charge in [0.25, 0.3) is 0 Å². The minimum atomic E-state index is -0.877. The third-order valence-corrected chi connectivity index (χ3v) is 2.82. The van der Waals surface area contributed by atoms with Gasteiger partial charge in [-0.2, -0.15) is 0 Å². The van der Waals surface area contributed by atoms with Gasteiger partial charge in [0, 0.05) is 0 Å². The molecule has 0 bridgehead atoms. The Morgan fingerprint density at radius 1 is 1.06 bits per heavy atom. The van der Waals surface area contributed by atoms with Crippen LogP contribution in [0.15, 0.2) is 52.9 Å². The van der Waals surface area contributed by atoms with Crippen LogP contribution in [0.25, 0.3) is 11.1 Å². The van der Waals surface area contributed by atoms with Crippen molar-refractivity contribution in [1.82, 2.24) is 4.98 Å². The highest BCUT2D eigenvalue weighted by molar-refractivity contribution is 5.85. The van der Waals surface area contributed by atoms with Crippen molar-refractivity contribution in [2.75, 3.05) is 5.73 Å². The van der Waals surface area contributed by atoms with E-state index in [1.807, 2.05) is 30.3 Å². The Kier molecular flexibility index (Phi) is 2.50. The molecule has 3 N–H and O–H groups in total. The number of aromatic nitrogens is 1. The molecule has 3 rings (SSSR count). The van der Waals surface area contributed by atoms with Gasteiger partial charge in [0.15, 0.2) is 11.7 Å². The van der Waals surface area contributed by atoms with Crippen molar-refractivity contribution >= 4 is 16.8 Å². The van der Waals surface area contributed by atoms with E-state index >= 15 is 0 Å². The largest absolute Gasteiger partial charge is 0.437 e. The number of oxazole rings is 1. The van der Waals surface area contributed by atoms with Gasteiger partial charge in [-0.15, -0.1) is 0 Å². The maximum atomic E-state index is 10.2. The smallest absolute Gasteiger partial charge is 0.229 e. The lowest BCUT2D eigenvalue weighted by atomic mass is 10.1. The van der Waals surface area contributed by atoms with Crippen LogP contribution in [0.1, 0.15) is 17.6 Å². The highest BCUT2D eigenvalue weighted by Crippen LogP contribution is 2.27. The molecule has 18 heavy (non-hydrogen) atoms. The van der Waals surface area contributed by atoms with E-state index in [1.165, 1.54) is 0 Å². The number of aliphatic hydroxyl groups is 1. The SMILES string of the molecule is Nc1cccc2oc(C(O)c3ccccc3)nc12. The van der Waals surface area contributed by atoms with E-state index in [9.17, 15) is 5.11 Å². The number of para-hydroxylation sites is 1. The number of aliphatic hydroxyl groups excluding tert-OH is 1. The molecule has 1 unspecified atom stereocenters. The lowest BCUT2D eigenvalue weighted by Gasteiger charge is -2.05. The van der Waals surface area contributed by atoms with Crippen molar-refractivity contribution in [2.24, 2.45) is 0 Å². The van der Waals surface area contributed by atoms with Crippen LogP contribution in [-0.2, 0) is 0 Å². The number of nitrogen functional groups attached to an aromatic ring is 1. The number of fused-ring (bicyclic) bond motifs is 1. The summed E-state index contributed by atoms with van der Waals surface area (Å²) >= 11 is 0. The molecule has 1 aromatic heterocycles. The Hall–Kier alpha value is -2.33. The molecule has 0 saturated carbocycles. The van der Waals surface area contributed by atoms with Crippen LogP contribution in [0.3, 0.4) is 0 Å². The van der Waals surface area contributed by atoms with Crippen LogP contribution < -0.4 is 5.73 Å². The van der Waals surface area contributed by atoms with Gasteiger partial charge in [0.2, 0.25) is 5.89 Å². The molecule has 0 saturated heterocycles. The summed E-state index contributed by atoms with van der Waals surface area (Å²) < 4.78 is 5.52. The van der Waals surface area contributed by atoms with Gasteiger partial charge in [0.05, 0.1) is 5.69 Å². The summed E-state index contributed by atoms with van der Waals surface area (Å²) in [6.45, 7) is 0. The predicted molar refractivity (Wildman–Crippen MR) is 68.9 cm³/mol. The molecule has 2 aromatic carbocycles. The van der Waals surface area contributed by atoms with Crippen LogP contribution in [0.5, 0.6) is 0 Å². The second kappa shape index (κ2) is 4.16. The van der Waals surface area contributed by atoms with E-state index in [0.717, 1.165) is 5.56 Å². The monoisotopic (exact) mass is 240 g/mol. The molecule has 1 atom stereocenters. The maximum absolute atomic E-state index is 10.2. The molecular formula is C14H12N2O2. The predicted octanol–water partition coefficient (Wildman–Crippen LogP) is 2.49. The normalized spacial score (nSPS) is 12.7. The average Bonchev–Trinajstić information content (AvgIpc) is 2.84. The zero-order valence-corrected chi connectivity index (χ0v) is 9.58. The van der Waals surface area contributed by atoms with Gasteiger partial charge in [-0.25, -0.2) is 4.98 Å². The van der Waals surface area contributed by atoms with E-state index in [0.29, 0.717) is 16.8 Å². The summed E-state index contributed by atoms with van der Waals surface area (Å²) in [6, 6.07) is 14.6. The lowest BCUT2D eigenvalue weighted by Crippen LogP contribution is -1.99. The summed E-state index contributed by atoms with van der Waals surface area (Å²) in [5.41, 5.74) is 8.26. The molecule has 0 spiro atoms. The first-order chi connectivity index (χ1) is 8.75. The van der Waals surface area contributed by atoms with E-state index in [4.69, 9.17) is 10.2 Å². The molecule has 3 aromatic rings. The third kappa shape index (κ3) is 1.72. The Bertz CT molecular complexity index is 677. The number of nitrogens with two attached hydrogens (primary N) is 1. The molecular weight excluding hydrogens is 228 g/mol. The first kappa shape index (κ1) is 10.8. The minimum absolute atomic E-state index is 0.258. The number of rotatable bonds is 2. The van der Waals surface area contributed by atoms with Crippen LogP contribution >= 0.6 is 0 Å². The summed E-state index contributed by atoms with van der Waals surface area (Å²) in [6.07, 6.45) is -0.877. The summed E-state index contributed by atoms with van der Waals surface area (Å²) in [7, 11) is 0. The van der Waals surface area contributed by atoms with Crippen LogP contribution in [-0.4, -0.2) is 10.1 Å². The van der Waals surface area contributed by atoms with Crippen molar-refractivity contribution < 1.29 is 9.52 Å². The molecule has 0 fully saturated rings. The van der Waals surface area contributed by atoms with Gasteiger partial charge < -0.3 is 15.3 Å². The fraction of sp³-hybridized carbons (Fsp3) is 0.0714. The van der Waals surface area contributed by atoms with Crippen molar-refractivity contribution in [3.63, 3.8) is 0 Å². The summed E-state index contributed by atoms with van der Waals surface area (Å²) in [5, 5.41) is 10.2. The van der Waals surface area contributed by atoms with Crippen LogP contribution in [0.4, 0.5) is 5.69 Å². The molecule has 4 heteroatoms. The van der Waals surface area contributed by atoms with Gasteiger partial charge >= 0.3 is 0 Å². The fourth-order valence-corrected chi connectivity index (χ4v) is 1.88. The average molecular weight is 240 g/mol. The number of hydrogen-bond acceptors (Lipinski definition) is 4. The second-order valence-corrected chi connectivity index (χ2v) is 4.06. The minimum Gasteiger partial charge on any atom is -0.437 e. The lowest BCUT2D eigenvalue weighted by molar-refractivity contribution is 0.185. The summed E-state index contributed by atoms with van der Waals surface area (Å²) in [4.78, 5) is 4.25. The Morgan fingerprint density at radius 3 is 2.56 bits per heavy atom. The second-order valence-electron chi connectivity index (χ2n) is 4.06. The van der Waals surface area contributed by atoms with Crippen LogP contribution in [0, 0.1) is 0 Å². The standard InChI is InChI=1S/C14H12N2O2/c15-10-7-4-8-11-12(10)16-14(18-11)13(17)9-5-2-1-3-6-9/h1-8,13,17H,15H2. The molecule has 0 amide bonds. The maximum Gasteiger partial charge on any atom is 0.229 e. The number of hydrogen-bond donors (Lipinski definition) is 2. The molecule has 0 radical (unpaired) electrons. The molecule has 90 valence electrons. The highest BCUT2D eigenvalue weighted by Gasteiger charge is 2.17. The van der Waals surface area contributed by atoms with Crippen molar-refractivity contribution in [3.05, 3.63) is 60.0 Å². The van der Waals surface area contributed by atoms with E-state index in [1.54, 1.807) is 18.2 Å². The quantitative estimate of drug-likeness (QED) is 0.675. The van der Waals surface area contributed by atoms with Crippen molar-refractivity contribution in [2.45, 2.75) is 6.10 Å². The first-order valence-corrected chi connectivity index (χ1v) is 5.63. The van der Waals surface area contributed by atoms with E-state index < -0.39 is 6.10 Å². The third-order valence-electron chi connectivity index (χ3n) is 2.82. The molecule has 0 aliphatic heterocycles. The van der Waals surface area contributed by atoms with Gasteiger partial charge in [-0.05, 0) is 17.7 Å². The zero-order valence-electron chi connectivity index (χ0n) is 9.58. The number of nitrogens with zero attached hydrogens (tertiary/aromatic N) is 1. The topological polar surface area (TPSA) is 72.3 Å². The van der Waals surface area contributed by atoms with Crippen molar-refractivity contribution in [3.8, 4) is 0 Å². The molecule has 4 nitrogen and oxygen atoms in total. The van der Waals surface area contributed by atoms with Crippen LogP contribution in [0.2, 0.25) is 0 Å². The zero-order chi connectivity index (χ0) is 12.5. The van der Waals surface area contributed by atoms with E-state index in [-0.39, 0.29) is 5.89 Å². The number of benzene rings is 2. The van der Waals surface area contributed by atoms with Gasteiger partial charge in [-0.3, -0.25) is 0 Å². The molecule has 0 aliphatic carbocycles. The number of anilines is 1. The summed E-state index contributed by atoms with van der Waals surface area (Å²) in [5.74, 6) is 0.258.